The number of nitrogens with two attached hydrogens (primary N) is 1. The van der Waals surface area contributed by atoms with Crippen molar-refractivity contribution in [1.29, 1.82) is 0 Å². The molecule has 18 heavy (non-hydrogen) atoms. The maximum Gasteiger partial charge on any atom is 0.323 e. The first-order valence-electron chi connectivity index (χ1n) is 5.34. The van der Waals surface area contributed by atoms with Gasteiger partial charge in [-0.15, -0.1) is 0 Å². The number of primary amides is 1. The summed E-state index contributed by atoms with van der Waals surface area (Å²) in [4.78, 5) is 22.5. The molecule has 0 bridgehead atoms. The zero-order valence-corrected chi connectivity index (χ0v) is 10.2. The van der Waals surface area contributed by atoms with Gasteiger partial charge in [0.1, 0.15) is 6.10 Å². The van der Waals surface area contributed by atoms with Crippen molar-refractivity contribution in [2.24, 2.45) is 5.73 Å². The van der Waals surface area contributed by atoms with Gasteiger partial charge in [-0.2, -0.15) is 15.0 Å². The van der Waals surface area contributed by atoms with Crippen LogP contribution in [0.4, 0.5) is 11.9 Å². The first-order chi connectivity index (χ1) is 8.56. The van der Waals surface area contributed by atoms with E-state index in [-0.39, 0.29) is 18.5 Å². The van der Waals surface area contributed by atoms with Gasteiger partial charge in [0.05, 0.1) is 13.2 Å². The minimum absolute atomic E-state index is 0.0892. The molecule has 0 aromatic carbocycles. The number of aromatic nitrogens is 3. The van der Waals surface area contributed by atoms with Crippen molar-refractivity contribution in [3.8, 4) is 6.01 Å². The van der Waals surface area contributed by atoms with Gasteiger partial charge in [-0.1, -0.05) is 0 Å². The summed E-state index contributed by atoms with van der Waals surface area (Å²) in [6.07, 6.45) is -1.31. The molecule has 0 spiro atoms. The molecule has 0 radical (unpaired) electrons. The minimum Gasteiger partial charge on any atom is -0.464 e. The average molecular weight is 256 g/mol. The third-order valence-electron chi connectivity index (χ3n) is 1.89. The number of carbonyl (C=O) groups is 1. The fourth-order valence-electron chi connectivity index (χ4n) is 1.03. The monoisotopic (exact) mass is 256 g/mol. The van der Waals surface area contributed by atoms with E-state index in [1.54, 1.807) is 14.0 Å². The molecule has 5 N–H and O–H groups in total. The van der Waals surface area contributed by atoms with Gasteiger partial charge in [0.2, 0.25) is 17.8 Å². The highest BCUT2D eigenvalue weighted by atomic mass is 16.5. The lowest BCUT2D eigenvalue weighted by atomic mass is 10.3. The Labute approximate surface area is 104 Å². The molecule has 0 aliphatic carbocycles. The lowest BCUT2D eigenvalue weighted by Gasteiger charge is -2.10. The Kier molecular flexibility index (Phi) is 5.06. The lowest BCUT2D eigenvalue weighted by molar-refractivity contribution is -0.125. The van der Waals surface area contributed by atoms with E-state index in [0.717, 1.165) is 0 Å². The molecule has 1 amide bonds. The number of ether oxygens (including phenoxy) is 1. The fraction of sp³-hybridized carbons (Fsp3) is 0.556. The Morgan fingerprint density at radius 3 is 2.67 bits per heavy atom. The van der Waals surface area contributed by atoms with Crippen LogP contribution in [0.25, 0.3) is 0 Å². The van der Waals surface area contributed by atoms with E-state index in [9.17, 15) is 9.90 Å². The zero-order valence-electron chi connectivity index (χ0n) is 10.2. The van der Waals surface area contributed by atoms with Crippen LogP contribution in [0.15, 0.2) is 0 Å². The quantitative estimate of drug-likeness (QED) is 0.466. The van der Waals surface area contributed by atoms with E-state index in [4.69, 9.17) is 10.5 Å². The van der Waals surface area contributed by atoms with Crippen molar-refractivity contribution in [2.45, 2.75) is 13.0 Å². The summed E-state index contributed by atoms with van der Waals surface area (Å²) in [6, 6.07) is 0.146. The van der Waals surface area contributed by atoms with Gasteiger partial charge in [0.15, 0.2) is 0 Å². The number of rotatable bonds is 7. The van der Waals surface area contributed by atoms with E-state index in [1.807, 2.05) is 0 Å². The third-order valence-corrected chi connectivity index (χ3v) is 1.89. The number of aliphatic hydroxyl groups excluding tert-OH is 1. The number of anilines is 2. The largest absolute Gasteiger partial charge is 0.464 e. The Bertz CT molecular complexity index is 413. The average Bonchev–Trinajstić information content (AvgIpc) is 2.35. The predicted molar refractivity (Wildman–Crippen MR) is 64.2 cm³/mol. The zero-order chi connectivity index (χ0) is 13.5. The summed E-state index contributed by atoms with van der Waals surface area (Å²) in [7, 11) is 1.65. The molecule has 1 aromatic rings. The van der Waals surface area contributed by atoms with Crippen molar-refractivity contribution in [2.75, 3.05) is 30.8 Å². The van der Waals surface area contributed by atoms with E-state index >= 15 is 0 Å². The Morgan fingerprint density at radius 2 is 2.11 bits per heavy atom. The second-order valence-corrected chi connectivity index (χ2v) is 3.25. The molecule has 0 fully saturated rings. The first kappa shape index (κ1) is 13.9. The highest BCUT2D eigenvalue weighted by Crippen LogP contribution is 2.10. The second-order valence-electron chi connectivity index (χ2n) is 3.25. The molecule has 1 heterocycles. The summed E-state index contributed by atoms with van der Waals surface area (Å²) in [5.74, 6) is -0.335. The number of nitrogens with one attached hydrogen (secondary N) is 2. The van der Waals surface area contributed by atoms with Gasteiger partial charge in [-0.05, 0) is 6.92 Å². The van der Waals surface area contributed by atoms with Crippen LogP contribution in [-0.2, 0) is 4.79 Å². The third kappa shape index (κ3) is 4.01. The molecule has 1 rings (SSSR count). The molecule has 9 nitrogen and oxygen atoms in total. The van der Waals surface area contributed by atoms with Gasteiger partial charge in [0.25, 0.3) is 0 Å². The van der Waals surface area contributed by atoms with Crippen LogP contribution < -0.4 is 21.1 Å². The van der Waals surface area contributed by atoms with Crippen LogP contribution >= 0.6 is 0 Å². The van der Waals surface area contributed by atoms with Gasteiger partial charge in [-0.25, -0.2) is 0 Å². The predicted octanol–water partition coefficient (Wildman–Crippen LogP) is -1.43. The number of carbonyl (C=O) groups excluding carboxylic acids is 1. The van der Waals surface area contributed by atoms with Crippen LogP contribution in [0.5, 0.6) is 6.01 Å². The number of hydrogen-bond donors (Lipinski definition) is 4. The van der Waals surface area contributed by atoms with Gasteiger partial charge in [0, 0.05) is 7.05 Å². The highest BCUT2D eigenvalue weighted by Gasteiger charge is 2.12. The molecule has 1 atom stereocenters. The highest BCUT2D eigenvalue weighted by molar-refractivity contribution is 5.79. The van der Waals surface area contributed by atoms with Crippen molar-refractivity contribution < 1.29 is 14.6 Å². The summed E-state index contributed by atoms with van der Waals surface area (Å²) >= 11 is 0. The van der Waals surface area contributed by atoms with Crippen LogP contribution in [-0.4, -0.2) is 52.3 Å². The normalized spacial score (nSPS) is 11.7. The molecule has 0 aliphatic heterocycles. The standard InChI is InChI=1S/C9H16N6O3/c1-3-18-9-14-7(11-2)13-8(15-9)12-4-5(16)6(10)17/h5,16H,3-4H2,1-2H3,(H2,10,17)(H2,11,12,13,14,15). The Balaban J connectivity index is 2.74. The van der Waals surface area contributed by atoms with Crippen LogP contribution in [0, 0.1) is 0 Å². The fourth-order valence-corrected chi connectivity index (χ4v) is 1.03. The van der Waals surface area contributed by atoms with E-state index < -0.39 is 12.0 Å². The first-order valence-corrected chi connectivity index (χ1v) is 5.34. The summed E-state index contributed by atoms with van der Waals surface area (Å²) in [5.41, 5.74) is 4.91. The second kappa shape index (κ2) is 6.55. The molecule has 0 saturated heterocycles. The number of nitrogens with zero attached hydrogens (tertiary/aromatic N) is 3. The number of hydrogen-bond acceptors (Lipinski definition) is 8. The van der Waals surface area contributed by atoms with Gasteiger partial charge in [-0.3, -0.25) is 4.79 Å². The topological polar surface area (TPSA) is 135 Å². The SMILES string of the molecule is CCOc1nc(NC)nc(NCC(O)C(N)=O)n1. The maximum absolute atomic E-state index is 10.7. The number of aliphatic hydroxyl groups is 1. The van der Waals surface area contributed by atoms with E-state index in [2.05, 4.69) is 25.6 Å². The Morgan fingerprint density at radius 1 is 1.44 bits per heavy atom. The molecular weight excluding hydrogens is 240 g/mol. The minimum atomic E-state index is -1.31. The van der Waals surface area contributed by atoms with E-state index in [0.29, 0.717) is 12.6 Å². The maximum atomic E-state index is 10.7. The van der Waals surface area contributed by atoms with Gasteiger partial charge < -0.3 is 26.2 Å². The summed E-state index contributed by atoms with van der Waals surface area (Å²) < 4.78 is 5.15. The molecule has 100 valence electrons. The van der Waals surface area contributed by atoms with Gasteiger partial charge >= 0.3 is 6.01 Å². The molecule has 1 unspecified atom stereocenters. The van der Waals surface area contributed by atoms with Crippen LogP contribution in [0.2, 0.25) is 0 Å². The van der Waals surface area contributed by atoms with Crippen molar-refractivity contribution >= 4 is 17.8 Å². The Hall–Kier alpha value is -2.16. The number of amides is 1. The molecular formula is C9H16N6O3. The molecule has 1 aromatic heterocycles. The summed E-state index contributed by atoms with van der Waals surface area (Å²) in [5, 5.41) is 14.6. The van der Waals surface area contributed by atoms with Crippen LogP contribution in [0.1, 0.15) is 6.92 Å². The van der Waals surface area contributed by atoms with E-state index in [1.165, 1.54) is 0 Å². The molecule has 0 aliphatic rings. The molecule has 9 heteroatoms. The summed E-state index contributed by atoms with van der Waals surface area (Å²) in [6.45, 7) is 2.12. The van der Waals surface area contributed by atoms with Crippen molar-refractivity contribution in [1.82, 2.24) is 15.0 Å². The van der Waals surface area contributed by atoms with Crippen LogP contribution in [0.3, 0.4) is 0 Å². The smallest absolute Gasteiger partial charge is 0.323 e. The van der Waals surface area contributed by atoms with Crippen molar-refractivity contribution in [3.05, 3.63) is 0 Å². The lowest BCUT2D eigenvalue weighted by Crippen LogP contribution is -2.34. The molecule has 0 saturated carbocycles. The van der Waals surface area contributed by atoms with Crippen molar-refractivity contribution in [3.63, 3.8) is 0 Å².